The summed E-state index contributed by atoms with van der Waals surface area (Å²) in [7, 11) is 1.20. The van der Waals surface area contributed by atoms with Crippen LogP contribution in [0.1, 0.15) is 20.3 Å². The second kappa shape index (κ2) is 4.29. The molecule has 0 amide bonds. The predicted molar refractivity (Wildman–Crippen MR) is 59.6 cm³/mol. The first kappa shape index (κ1) is 13.5. The minimum absolute atomic E-state index is 0.213. The van der Waals surface area contributed by atoms with Crippen LogP contribution in [0.4, 0.5) is 0 Å². The van der Waals surface area contributed by atoms with Crippen molar-refractivity contribution in [3.63, 3.8) is 0 Å². The molecule has 2 aliphatic rings. The smallest absolute Gasteiger partial charge is 0.318 e. The number of Topliss-reactive ketones (excluding diaryl/α,β-unsaturated/α-hetero) is 1. The van der Waals surface area contributed by atoms with Gasteiger partial charge in [-0.3, -0.25) is 9.59 Å². The minimum atomic E-state index is -1.50. The molecule has 1 aliphatic heterocycles. The normalized spacial score (nSPS) is 46.8. The van der Waals surface area contributed by atoms with E-state index >= 15 is 0 Å². The van der Waals surface area contributed by atoms with Gasteiger partial charge in [-0.2, -0.15) is 0 Å². The van der Waals surface area contributed by atoms with Gasteiger partial charge in [0.05, 0.1) is 25.4 Å². The van der Waals surface area contributed by atoms with Gasteiger partial charge in [0.1, 0.15) is 11.5 Å². The molecule has 1 heterocycles. The number of methoxy groups -OCH3 is 1. The molecular formula is C12H18O6. The number of ether oxygens (including phenoxy) is 2. The van der Waals surface area contributed by atoms with Crippen molar-refractivity contribution >= 4 is 11.8 Å². The van der Waals surface area contributed by atoms with E-state index in [4.69, 9.17) is 9.47 Å². The van der Waals surface area contributed by atoms with E-state index < -0.39 is 35.8 Å². The second-order valence-electron chi connectivity index (χ2n) is 5.13. The van der Waals surface area contributed by atoms with Crippen LogP contribution in [0.3, 0.4) is 0 Å². The van der Waals surface area contributed by atoms with Gasteiger partial charge in [-0.15, -0.1) is 0 Å². The molecule has 0 spiro atoms. The van der Waals surface area contributed by atoms with Crippen LogP contribution in [0, 0.1) is 11.3 Å². The summed E-state index contributed by atoms with van der Waals surface area (Å²) < 4.78 is 10.3. The van der Waals surface area contributed by atoms with Crippen LogP contribution in [0.15, 0.2) is 0 Å². The van der Waals surface area contributed by atoms with Crippen molar-refractivity contribution in [1.29, 1.82) is 0 Å². The Bertz CT molecular complexity index is 381. The second-order valence-corrected chi connectivity index (χ2v) is 5.13. The molecule has 1 aliphatic carbocycles. The number of esters is 1. The largest absolute Gasteiger partial charge is 0.468 e. The number of carbonyl (C=O) groups excluding carboxylic acids is 2. The molecule has 2 bridgehead atoms. The molecule has 1 saturated heterocycles. The summed E-state index contributed by atoms with van der Waals surface area (Å²) in [5.74, 6) is -1.43. The van der Waals surface area contributed by atoms with Crippen LogP contribution in [-0.2, 0) is 19.1 Å². The Morgan fingerprint density at radius 2 is 2.00 bits per heavy atom. The van der Waals surface area contributed by atoms with E-state index in [9.17, 15) is 19.8 Å². The first-order valence-electron chi connectivity index (χ1n) is 5.97. The Morgan fingerprint density at radius 3 is 2.50 bits per heavy atom. The van der Waals surface area contributed by atoms with Crippen molar-refractivity contribution < 1.29 is 29.3 Å². The summed E-state index contributed by atoms with van der Waals surface area (Å²) in [6.07, 6.45) is -3.71. The zero-order valence-electron chi connectivity index (χ0n) is 10.6. The summed E-state index contributed by atoms with van der Waals surface area (Å²) in [5.41, 5.74) is -1.50. The molecule has 0 radical (unpaired) electrons. The van der Waals surface area contributed by atoms with E-state index in [0.717, 1.165) is 0 Å². The van der Waals surface area contributed by atoms with E-state index in [1.807, 2.05) is 0 Å². The van der Waals surface area contributed by atoms with E-state index in [2.05, 4.69) is 0 Å². The van der Waals surface area contributed by atoms with Crippen molar-refractivity contribution in [3.8, 4) is 0 Å². The number of aliphatic hydroxyl groups is 2. The molecule has 2 rings (SSSR count). The van der Waals surface area contributed by atoms with Crippen LogP contribution in [0.25, 0.3) is 0 Å². The maximum atomic E-state index is 12.1. The molecule has 6 heteroatoms. The number of fused-ring (bicyclic) bond motifs is 2. The Labute approximate surface area is 105 Å². The monoisotopic (exact) mass is 258 g/mol. The molecule has 6 nitrogen and oxygen atoms in total. The van der Waals surface area contributed by atoms with E-state index in [-0.39, 0.29) is 18.1 Å². The molecule has 0 aromatic heterocycles. The number of aliphatic hydroxyl groups excluding tert-OH is 2. The van der Waals surface area contributed by atoms with Gasteiger partial charge >= 0.3 is 5.97 Å². The van der Waals surface area contributed by atoms with Crippen LogP contribution >= 0.6 is 0 Å². The zero-order chi connectivity index (χ0) is 13.7. The van der Waals surface area contributed by atoms with Crippen molar-refractivity contribution in [1.82, 2.24) is 0 Å². The first-order chi connectivity index (χ1) is 8.37. The van der Waals surface area contributed by atoms with Crippen LogP contribution in [-0.4, -0.2) is 53.5 Å². The molecule has 102 valence electrons. The fourth-order valence-electron chi connectivity index (χ4n) is 3.34. The molecular weight excluding hydrogens is 240 g/mol. The number of hydrogen-bond donors (Lipinski definition) is 2. The van der Waals surface area contributed by atoms with Crippen LogP contribution in [0.2, 0.25) is 0 Å². The Kier molecular flexibility index (Phi) is 3.21. The third-order valence-electron chi connectivity index (χ3n) is 4.29. The molecule has 1 saturated carbocycles. The van der Waals surface area contributed by atoms with E-state index in [1.54, 1.807) is 6.92 Å². The fraction of sp³-hybridized carbons (Fsp3) is 0.833. The zero-order valence-corrected chi connectivity index (χ0v) is 10.6. The van der Waals surface area contributed by atoms with Gasteiger partial charge in [0, 0.05) is 12.3 Å². The molecule has 18 heavy (non-hydrogen) atoms. The van der Waals surface area contributed by atoms with Gasteiger partial charge in [0.25, 0.3) is 0 Å². The molecule has 1 unspecified atom stereocenters. The lowest BCUT2D eigenvalue weighted by Gasteiger charge is -2.42. The van der Waals surface area contributed by atoms with E-state index in [1.165, 1.54) is 14.0 Å². The van der Waals surface area contributed by atoms with Gasteiger partial charge in [0.2, 0.25) is 0 Å². The number of hydrogen-bond acceptors (Lipinski definition) is 6. The maximum Gasteiger partial charge on any atom is 0.318 e. The van der Waals surface area contributed by atoms with Crippen LogP contribution < -0.4 is 0 Å². The number of rotatable bonds is 2. The highest BCUT2D eigenvalue weighted by molar-refractivity contribution is 5.91. The van der Waals surface area contributed by atoms with Crippen molar-refractivity contribution in [2.45, 2.75) is 44.7 Å². The van der Waals surface area contributed by atoms with Crippen LogP contribution in [0.5, 0.6) is 0 Å². The van der Waals surface area contributed by atoms with Gasteiger partial charge in [-0.25, -0.2) is 0 Å². The van der Waals surface area contributed by atoms with Gasteiger partial charge in [-0.05, 0) is 6.92 Å². The number of carbonyl (C=O) groups is 2. The standard InChI is InChI=1S/C12H18O6/c1-5-8-4-7(14)9(15)12(5,11(16)17-3)10(18-8)6(2)13/h5,7-10,14-15H,4H2,1-3H3/t5-,7+,8+,9-,10?,12-/m1/s1. The highest BCUT2D eigenvalue weighted by Gasteiger charge is 2.69. The summed E-state index contributed by atoms with van der Waals surface area (Å²) in [5, 5.41) is 20.1. The fourth-order valence-corrected chi connectivity index (χ4v) is 3.34. The highest BCUT2D eigenvalue weighted by Crippen LogP contribution is 2.53. The Morgan fingerprint density at radius 1 is 1.39 bits per heavy atom. The first-order valence-corrected chi connectivity index (χ1v) is 5.97. The Balaban J connectivity index is 2.54. The maximum absolute atomic E-state index is 12.1. The Hall–Kier alpha value is -0.980. The molecule has 6 atom stereocenters. The molecule has 2 N–H and O–H groups in total. The van der Waals surface area contributed by atoms with Crippen molar-refractivity contribution in [2.75, 3.05) is 7.11 Å². The van der Waals surface area contributed by atoms with Gasteiger partial charge in [0.15, 0.2) is 5.78 Å². The highest BCUT2D eigenvalue weighted by atomic mass is 16.5. The van der Waals surface area contributed by atoms with Gasteiger partial charge < -0.3 is 19.7 Å². The summed E-state index contributed by atoms with van der Waals surface area (Å²) in [6, 6.07) is 0. The van der Waals surface area contributed by atoms with E-state index in [0.29, 0.717) is 0 Å². The predicted octanol–water partition coefficient (Wildman–Crippen LogP) is -0.736. The quantitative estimate of drug-likeness (QED) is 0.634. The average Bonchev–Trinajstić information content (AvgIpc) is 2.55. The topological polar surface area (TPSA) is 93.1 Å². The van der Waals surface area contributed by atoms with Crippen molar-refractivity contribution in [2.24, 2.45) is 11.3 Å². The summed E-state index contributed by atoms with van der Waals surface area (Å²) in [4.78, 5) is 23.8. The lowest BCUT2D eigenvalue weighted by molar-refractivity contribution is -0.181. The van der Waals surface area contributed by atoms with Gasteiger partial charge in [-0.1, -0.05) is 6.92 Å². The lowest BCUT2D eigenvalue weighted by Crippen LogP contribution is -2.61. The number of ketones is 1. The summed E-state index contributed by atoms with van der Waals surface area (Å²) >= 11 is 0. The average molecular weight is 258 g/mol. The lowest BCUT2D eigenvalue weighted by atomic mass is 9.61. The third kappa shape index (κ3) is 1.46. The summed E-state index contributed by atoms with van der Waals surface area (Å²) in [6.45, 7) is 3.04. The van der Waals surface area contributed by atoms with Crippen molar-refractivity contribution in [3.05, 3.63) is 0 Å². The molecule has 0 aromatic carbocycles. The minimum Gasteiger partial charge on any atom is -0.468 e. The third-order valence-corrected chi connectivity index (χ3v) is 4.29. The SMILES string of the molecule is COC(=O)[C@@]12C(C(C)=O)O[C@@H](C[C@H](O)[C@H]1O)[C@H]2C. The molecule has 0 aromatic rings. The molecule has 2 fully saturated rings.